The third-order valence-electron chi connectivity index (χ3n) is 3.03. The van der Waals surface area contributed by atoms with Crippen molar-refractivity contribution in [1.82, 2.24) is 9.78 Å². The summed E-state index contributed by atoms with van der Waals surface area (Å²) >= 11 is 0. The Labute approximate surface area is 90.4 Å². The van der Waals surface area contributed by atoms with Gasteiger partial charge in [0.1, 0.15) is 5.82 Å². The summed E-state index contributed by atoms with van der Waals surface area (Å²) < 4.78 is 7.60. The van der Waals surface area contributed by atoms with Crippen LogP contribution >= 0.6 is 0 Å². The lowest BCUT2D eigenvalue weighted by Crippen LogP contribution is -2.28. The van der Waals surface area contributed by atoms with Crippen molar-refractivity contribution in [3.63, 3.8) is 0 Å². The first-order valence-corrected chi connectivity index (χ1v) is 5.64. The van der Waals surface area contributed by atoms with E-state index in [-0.39, 0.29) is 0 Å². The predicted molar refractivity (Wildman–Crippen MR) is 59.7 cm³/mol. The summed E-state index contributed by atoms with van der Waals surface area (Å²) in [6, 6.07) is 2.34. The summed E-state index contributed by atoms with van der Waals surface area (Å²) in [5, 5.41) is 4.44. The number of nitrogens with zero attached hydrogens (tertiary/aromatic N) is 2. The van der Waals surface area contributed by atoms with E-state index in [2.05, 4.69) is 12.0 Å². The lowest BCUT2D eigenvalue weighted by molar-refractivity contribution is -0.00898. The van der Waals surface area contributed by atoms with Crippen molar-refractivity contribution < 1.29 is 4.74 Å². The number of aryl methyl sites for hydroxylation is 1. The first-order valence-electron chi connectivity index (χ1n) is 5.64. The Morgan fingerprint density at radius 1 is 1.67 bits per heavy atom. The monoisotopic (exact) mass is 209 g/mol. The van der Waals surface area contributed by atoms with E-state index in [0.717, 1.165) is 37.4 Å². The molecule has 0 amide bonds. The number of nitrogen functional groups attached to an aromatic ring is 1. The van der Waals surface area contributed by atoms with Gasteiger partial charge in [-0.05, 0) is 26.2 Å². The smallest absolute Gasteiger partial charge is 0.122 e. The standard InChI is InChI=1S/C11H19N3O/c1-3-10-7-9(4-5-15-10)14-11(12)6-8(2)13-14/h6,9-10H,3-5,7,12H2,1-2H3. The second-order valence-electron chi connectivity index (χ2n) is 4.23. The van der Waals surface area contributed by atoms with Gasteiger partial charge in [0.2, 0.25) is 0 Å². The van der Waals surface area contributed by atoms with Crippen LogP contribution in [0.15, 0.2) is 6.07 Å². The summed E-state index contributed by atoms with van der Waals surface area (Å²) in [5.41, 5.74) is 6.91. The highest BCUT2D eigenvalue weighted by Gasteiger charge is 2.24. The van der Waals surface area contributed by atoms with Gasteiger partial charge in [0, 0.05) is 12.7 Å². The number of anilines is 1. The Hall–Kier alpha value is -1.03. The van der Waals surface area contributed by atoms with Gasteiger partial charge >= 0.3 is 0 Å². The maximum atomic E-state index is 5.92. The molecule has 2 N–H and O–H groups in total. The Morgan fingerprint density at radius 3 is 3.07 bits per heavy atom. The highest BCUT2D eigenvalue weighted by atomic mass is 16.5. The van der Waals surface area contributed by atoms with Crippen molar-refractivity contribution in [3.8, 4) is 0 Å². The summed E-state index contributed by atoms with van der Waals surface area (Å²) in [6.07, 6.45) is 3.48. The molecule has 1 aromatic heterocycles. The first-order chi connectivity index (χ1) is 7.20. The minimum Gasteiger partial charge on any atom is -0.384 e. The lowest BCUT2D eigenvalue weighted by atomic mass is 10.0. The van der Waals surface area contributed by atoms with Crippen LogP contribution in [0.4, 0.5) is 5.82 Å². The summed E-state index contributed by atoms with van der Waals surface area (Å²) in [6.45, 7) is 4.95. The summed E-state index contributed by atoms with van der Waals surface area (Å²) in [4.78, 5) is 0. The number of ether oxygens (including phenoxy) is 1. The van der Waals surface area contributed by atoms with Gasteiger partial charge in [-0.2, -0.15) is 5.10 Å². The molecular weight excluding hydrogens is 190 g/mol. The molecule has 1 saturated heterocycles. The Balaban J connectivity index is 2.13. The zero-order valence-electron chi connectivity index (χ0n) is 9.44. The van der Waals surface area contributed by atoms with Crippen molar-refractivity contribution in [2.75, 3.05) is 12.3 Å². The Morgan fingerprint density at radius 2 is 2.47 bits per heavy atom. The zero-order valence-corrected chi connectivity index (χ0v) is 9.44. The third-order valence-corrected chi connectivity index (χ3v) is 3.03. The molecule has 1 fully saturated rings. The Kier molecular flexibility index (Phi) is 2.95. The molecule has 2 heterocycles. The number of hydrogen-bond donors (Lipinski definition) is 1. The molecule has 4 nitrogen and oxygen atoms in total. The van der Waals surface area contributed by atoms with Crippen molar-refractivity contribution in [3.05, 3.63) is 11.8 Å². The van der Waals surface area contributed by atoms with Crippen LogP contribution in [-0.4, -0.2) is 22.5 Å². The highest BCUT2D eigenvalue weighted by Crippen LogP contribution is 2.28. The van der Waals surface area contributed by atoms with Crippen LogP contribution in [0, 0.1) is 6.92 Å². The summed E-state index contributed by atoms with van der Waals surface area (Å²) in [5.74, 6) is 0.772. The molecule has 0 aliphatic carbocycles. The molecule has 0 saturated carbocycles. The fourth-order valence-electron chi connectivity index (χ4n) is 2.20. The van der Waals surface area contributed by atoms with Crippen LogP contribution in [0.1, 0.15) is 37.9 Å². The quantitative estimate of drug-likeness (QED) is 0.809. The molecule has 0 spiro atoms. The number of rotatable bonds is 2. The molecular formula is C11H19N3O. The first kappa shape index (κ1) is 10.5. The van der Waals surface area contributed by atoms with Crippen LogP contribution in [0.5, 0.6) is 0 Å². The van der Waals surface area contributed by atoms with Crippen LogP contribution in [0.2, 0.25) is 0 Å². The van der Waals surface area contributed by atoms with Crippen molar-refractivity contribution in [2.24, 2.45) is 0 Å². The van der Waals surface area contributed by atoms with E-state index in [0.29, 0.717) is 12.1 Å². The van der Waals surface area contributed by atoms with Gasteiger partial charge in [-0.15, -0.1) is 0 Å². The van der Waals surface area contributed by atoms with E-state index in [9.17, 15) is 0 Å². The van der Waals surface area contributed by atoms with Crippen LogP contribution in [0.25, 0.3) is 0 Å². The molecule has 15 heavy (non-hydrogen) atoms. The highest BCUT2D eigenvalue weighted by molar-refractivity contribution is 5.30. The molecule has 84 valence electrons. The molecule has 2 atom stereocenters. The molecule has 0 aromatic carbocycles. The SMILES string of the molecule is CCC1CC(n2nc(C)cc2N)CCO1. The molecule has 1 aliphatic heterocycles. The molecule has 1 aliphatic rings. The summed E-state index contributed by atoms with van der Waals surface area (Å²) in [7, 11) is 0. The van der Waals surface area contributed by atoms with Gasteiger partial charge in [-0.1, -0.05) is 6.92 Å². The van der Waals surface area contributed by atoms with Gasteiger partial charge in [0.15, 0.2) is 0 Å². The van der Waals surface area contributed by atoms with Gasteiger partial charge in [0.05, 0.1) is 17.8 Å². The molecule has 0 radical (unpaired) electrons. The third kappa shape index (κ3) is 2.15. The molecule has 2 unspecified atom stereocenters. The number of nitrogens with two attached hydrogens (primary N) is 1. The van der Waals surface area contributed by atoms with E-state index in [4.69, 9.17) is 10.5 Å². The molecule has 2 rings (SSSR count). The van der Waals surface area contributed by atoms with Crippen molar-refractivity contribution in [2.45, 2.75) is 45.3 Å². The van der Waals surface area contributed by atoms with E-state index in [1.807, 2.05) is 17.7 Å². The van der Waals surface area contributed by atoms with Gasteiger partial charge < -0.3 is 10.5 Å². The predicted octanol–water partition coefficient (Wildman–Crippen LogP) is 1.90. The largest absolute Gasteiger partial charge is 0.384 e. The van der Waals surface area contributed by atoms with E-state index in [1.54, 1.807) is 0 Å². The van der Waals surface area contributed by atoms with Crippen LogP contribution < -0.4 is 5.73 Å². The van der Waals surface area contributed by atoms with E-state index < -0.39 is 0 Å². The minimum absolute atomic E-state index is 0.368. The second kappa shape index (κ2) is 4.23. The topological polar surface area (TPSA) is 53.1 Å². The van der Waals surface area contributed by atoms with Gasteiger partial charge in [-0.3, -0.25) is 0 Å². The second-order valence-corrected chi connectivity index (χ2v) is 4.23. The molecule has 4 heteroatoms. The zero-order chi connectivity index (χ0) is 10.8. The van der Waals surface area contributed by atoms with E-state index in [1.165, 1.54) is 0 Å². The van der Waals surface area contributed by atoms with Crippen LogP contribution in [0.3, 0.4) is 0 Å². The molecule has 1 aromatic rings. The maximum absolute atomic E-state index is 5.92. The van der Waals surface area contributed by atoms with Crippen molar-refractivity contribution >= 4 is 5.82 Å². The van der Waals surface area contributed by atoms with E-state index >= 15 is 0 Å². The average molecular weight is 209 g/mol. The van der Waals surface area contributed by atoms with Gasteiger partial charge in [0.25, 0.3) is 0 Å². The Bertz CT molecular complexity index is 335. The molecule has 0 bridgehead atoms. The normalized spacial score (nSPS) is 26.8. The van der Waals surface area contributed by atoms with Crippen molar-refractivity contribution in [1.29, 1.82) is 0 Å². The van der Waals surface area contributed by atoms with Gasteiger partial charge in [-0.25, -0.2) is 4.68 Å². The minimum atomic E-state index is 0.368. The maximum Gasteiger partial charge on any atom is 0.122 e. The number of aromatic nitrogens is 2. The lowest BCUT2D eigenvalue weighted by Gasteiger charge is -2.29. The average Bonchev–Trinajstić information content (AvgIpc) is 2.58. The number of hydrogen-bond acceptors (Lipinski definition) is 3. The van der Waals surface area contributed by atoms with Crippen LogP contribution in [-0.2, 0) is 4.74 Å². The fraction of sp³-hybridized carbons (Fsp3) is 0.727. The fourth-order valence-corrected chi connectivity index (χ4v) is 2.20.